The van der Waals surface area contributed by atoms with Crippen LogP contribution in [-0.4, -0.2) is 21.8 Å². The Hall–Kier alpha value is -2.01. The number of aromatic nitrogens is 1. The van der Waals surface area contributed by atoms with Crippen molar-refractivity contribution in [3.63, 3.8) is 0 Å². The van der Waals surface area contributed by atoms with Crippen LogP contribution in [0.2, 0.25) is 0 Å². The molecule has 0 saturated heterocycles. The maximum atomic E-state index is 10.8. The molecule has 1 N–H and O–H groups in total. The Labute approximate surface area is 94.9 Å². The average molecular weight is 233 g/mol. The normalized spacial score (nSPS) is 11.0. The molecule has 4 nitrogen and oxygen atoms in total. The third kappa shape index (κ3) is 2.14. The standard InChI is InChI=1S/C11H7NO3S/c13-9(11(14)15)3-1-7-2-4-10-8(5-7)12-6-16-10/h1-6H,(H,14,15)/b3-1+. The first-order valence-corrected chi connectivity index (χ1v) is 5.33. The van der Waals surface area contributed by atoms with Crippen LogP contribution in [0, 0.1) is 0 Å². The van der Waals surface area contributed by atoms with E-state index in [9.17, 15) is 9.59 Å². The highest BCUT2D eigenvalue weighted by Crippen LogP contribution is 2.19. The van der Waals surface area contributed by atoms with Crippen molar-refractivity contribution in [2.24, 2.45) is 0 Å². The predicted molar refractivity (Wildman–Crippen MR) is 61.3 cm³/mol. The van der Waals surface area contributed by atoms with Crippen LogP contribution in [0.1, 0.15) is 5.56 Å². The molecule has 0 aliphatic carbocycles. The number of rotatable bonds is 3. The zero-order valence-corrected chi connectivity index (χ0v) is 8.90. The summed E-state index contributed by atoms with van der Waals surface area (Å²) in [4.78, 5) is 25.2. The molecular weight excluding hydrogens is 226 g/mol. The quantitative estimate of drug-likeness (QED) is 0.650. The summed E-state index contributed by atoms with van der Waals surface area (Å²) >= 11 is 1.53. The lowest BCUT2D eigenvalue weighted by Gasteiger charge is -1.92. The lowest BCUT2D eigenvalue weighted by Crippen LogP contribution is -2.08. The number of nitrogens with zero attached hydrogens (tertiary/aromatic N) is 1. The summed E-state index contributed by atoms with van der Waals surface area (Å²) in [5.74, 6) is -2.38. The van der Waals surface area contributed by atoms with Gasteiger partial charge in [-0.2, -0.15) is 0 Å². The molecule has 5 heteroatoms. The Kier molecular flexibility index (Phi) is 2.78. The minimum Gasteiger partial charge on any atom is -0.475 e. The molecule has 1 heterocycles. The molecule has 2 rings (SSSR count). The highest BCUT2D eigenvalue weighted by Gasteiger charge is 2.05. The van der Waals surface area contributed by atoms with E-state index < -0.39 is 11.8 Å². The monoisotopic (exact) mass is 233 g/mol. The lowest BCUT2D eigenvalue weighted by molar-refractivity contribution is -0.146. The topological polar surface area (TPSA) is 67.3 Å². The van der Waals surface area contributed by atoms with Crippen LogP contribution >= 0.6 is 11.3 Å². The van der Waals surface area contributed by atoms with Crippen molar-refractivity contribution >= 4 is 39.4 Å². The van der Waals surface area contributed by atoms with Gasteiger partial charge < -0.3 is 5.11 Å². The molecule has 0 aliphatic rings. The van der Waals surface area contributed by atoms with Crippen molar-refractivity contribution in [1.82, 2.24) is 4.98 Å². The van der Waals surface area contributed by atoms with Crippen molar-refractivity contribution in [3.05, 3.63) is 35.3 Å². The molecule has 16 heavy (non-hydrogen) atoms. The Morgan fingerprint density at radius 1 is 1.38 bits per heavy atom. The zero-order chi connectivity index (χ0) is 11.5. The van der Waals surface area contributed by atoms with Gasteiger partial charge in [-0.05, 0) is 23.8 Å². The number of carboxylic acids is 1. The van der Waals surface area contributed by atoms with Crippen molar-refractivity contribution in [3.8, 4) is 0 Å². The van der Waals surface area contributed by atoms with Crippen LogP contribution in [0.25, 0.3) is 16.3 Å². The second kappa shape index (κ2) is 4.24. The average Bonchev–Trinajstić information content (AvgIpc) is 2.72. The Bertz CT molecular complexity index is 586. The van der Waals surface area contributed by atoms with E-state index in [0.29, 0.717) is 0 Å². The zero-order valence-electron chi connectivity index (χ0n) is 8.08. The first kappa shape index (κ1) is 10.5. The van der Waals surface area contributed by atoms with Gasteiger partial charge in [-0.25, -0.2) is 9.78 Å². The van der Waals surface area contributed by atoms with Crippen LogP contribution in [0.5, 0.6) is 0 Å². The summed E-state index contributed by atoms with van der Waals surface area (Å²) in [5, 5.41) is 8.39. The lowest BCUT2D eigenvalue weighted by atomic mass is 10.2. The summed E-state index contributed by atoms with van der Waals surface area (Å²) in [6.45, 7) is 0. The van der Waals surface area contributed by atoms with E-state index in [1.807, 2.05) is 12.1 Å². The summed E-state index contributed by atoms with van der Waals surface area (Å²) in [7, 11) is 0. The smallest absolute Gasteiger partial charge is 0.376 e. The highest BCUT2D eigenvalue weighted by molar-refractivity contribution is 7.16. The first-order valence-electron chi connectivity index (χ1n) is 4.45. The van der Waals surface area contributed by atoms with Crippen LogP contribution < -0.4 is 0 Å². The highest BCUT2D eigenvalue weighted by atomic mass is 32.1. The Balaban J connectivity index is 2.27. The fraction of sp³-hybridized carbons (Fsp3) is 0. The molecule has 2 aromatic rings. The molecule has 0 fully saturated rings. The minimum atomic E-state index is -1.45. The fourth-order valence-corrected chi connectivity index (χ4v) is 1.88. The molecule has 0 spiro atoms. The van der Waals surface area contributed by atoms with Crippen molar-refractivity contribution < 1.29 is 14.7 Å². The third-order valence-corrected chi connectivity index (χ3v) is 2.80. The molecule has 0 unspecified atom stereocenters. The van der Waals surface area contributed by atoms with Gasteiger partial charge >= 0.3 is 5.97 Å². The second-order valence-corrected chi connectivity index (χ2v) is 3.97. The maximum Gasteiger partial charge on any atom is 0.376 e. The third-order valence-electron chi connectivity index (χ3n) is 1.99. The van der Waals surface area contributed by atoms with Gasteiger partial charge in [0.15, 0.2) is 0 Å². The molecule has 1 aromatic heterocycles. The van der Waals surface area contributed by atoms with E-state index in [4.69, 9.17) is 5.11 Å². The molecule has 0 aliphatic heterocycles. The van der Waals surface area contributed by atoms with E-state index in [-0.39, 0.29) is 0 Å². The van der Waals surface area contributed by atoms with Crippen molar-refractivity contribution in [2.45, 2.75) is 0 Å². The van der Waals surface area contributed by atoms with Gasteiger partial charge in [-0.1, -0.05) is 12.1 Å². The van der Waals surface area contributed by atoms with E-state index in [1.165, 1.54) is 17.4 Å². The number of carbonyl (C=O) groups is 2. The van der Waals surface area contributed by atoms with Gasteiger partial charge in [0.2, 0.25) is 0 Å². The first-order chi connectivity index (χ1) is 7.66. The summed E-state index contributed by atoms with van der Waals surface area (Å²) < 4.78 is 1.06. The summed E-state index contributed by atoms with van der Waals surface area (Å²) in [6, 6.07) is 5.50. The summed E-state index contributed by atoms with van der Waals surface area (Å²) in [6.07, 6.45) is 2.51. The number of carboxylic acid groups (broad SMARTS) is 1. The number of hydrogen-bond donors (Lipinski definition) is 1. The van der Waals surface area contributed by atoms with E-state index in [0.717, 1.165) is 21.9 Å². The van der Waals surface area contributed by atoms with Gasteiger partial charge in [0.05, 0.1) is 15.7 Å². The molecule has 0 atom stereocenters. The van der Waals surface area contributed by atoms with Crippen LogP contribution in [0.4, 0.5) is 0 Å². The van der Waals surface area contributed by atoms with Crippen LogP contribution in [0.3, 0.4) is 0 Å². The number of benzene rings is 1. The van der Waals surface area contributed by atoms with Crippen LogP contribution in [0.15, 0.2) is 29.8 Å². The number of ketones is 1. The van der Waals surface area contributed by atoms with Gasteiger partial charge in [0.1, 0.15) is 0 Å². The number of aliphatic carboxylic acids is 1. The van der Waals surface area contributed by atoms with Gasteiger partial charge in [0.25, 0.3) is 5.78 Å². The van der Waals surface area contributed by atoms with Gasteiger partial charge in [-0.3, -0.25) is 4.79 Å². The van der Waals surface area contributed by atoms with E-state index >= 15 is 0 Å². The summed E-state index contributed by atoms with van der Waals surface area (Å²) in [5.41, 5.74) is 3.34. The largest absolute Gasteiger partial charge is 0.475 e. The van der Waals surface area contributed by atoms with Gasteiger partial charge in [-0.15, -0.1) is 11.3 Å². The molecule has 0 amide bonds. The SMILES string of the molecule is O=C(O)C(=O)/C=C/c1ccc2scnc2c1. The van der Waals surface area contributed by atoms with Crippen LogP contribution in [-0.2, 0) is 9.59 Å². The predicted octanol–water partition coefficient (Wildman–Crippen LogP) is 1.96. The molecule has 0 bridgehead atoms. The molecular formula is C11H7NO3S. The molecule has 1 aromatic carbocycles. The second-order valence-electron chi connectivity index (χ2n) is 3.08. The number of fused-ring (bicyclic) bond motifs is 1. The maximum absolute atomic E-state index is 10.8. The molecule has 0 radical (unpaired) electrons. The van der Waals surface area contributed by atoms with Crippen molar-refractivity contribution in [1.29, 1.82) is 0 Å². The Morgan fingerprint density at radius 2 is 2.19 bits per heavy atom. The fourth-order valence-electron chi connectivity index (χ4n) is 1.22. The van der Waals surface area contributed by atoms with Gasteiger partial charge in [0, 0.05) is 0 Å². The number of thiazole rings is 1. The molecule has 0 saturated carbocycles. The van der Waals surface area contributed by atoms with E-state index in [1.54, 1.807) is 11.6 Å². The Morgan fingerprint density at radius 3 is 2.94 bits per heavy atom. The van der Waals surface area contributed by atoms with E-state index in [2.05, 4.69) is 4.98 Å². The number of hydrogen-bond acceptors (Lipinski definition) is 4. The molecule has 80 valence electrons. The number of carbonyl (C=O) groups excluding carboxylic acids is 1. The minimum absolute atomic E-state index is 0.757. The van der Waals surface area contributed by atoms with Crippen molar-refractivity contribution in [2.75, 3.05) is 0 Å².